The predicted octanol–water partition coefficient (Wildman–Crippen LogP) is 7.21. The van der Waals surface area contributed by atoms with Crippen molar-refractivity contribution in [3.8, 4) is 0 Å². The molecule has 0 rings (SSSR count). The normalized spacial score (nSPS) is 14.3. The van der Waals surface area contributed by atoms with Gasteiger partial charge in [-0.05, 0) is 44.4 Å². The molecule has 0 radical (unpaired) electrons. The Morgan fingerprint density at radius 3 is 1.95 bits per heavy atom. The molecule has 22 heavy (non-hydrogen) atoms. The Morgan fingerprint density at radius 1 is 0.818 bits per heavy atom. The first kappa shape index (κ1) is 22.2. The highest BCUT2D eigenvalue weighted by molar-refractivity contribution is 6.17. The van der Waals surface area contributed by atoms with Crippen LogP contribution < -0.4 is 0 Å². The quantitative estimate of drug-likeness (QED) is 0.255. The molecule has 0 aliphatic carbocycles. The molecule has 0 aromatic carbocycles. The number of unbranched alkanes of at least 4 members (excludes halogenated alkanes) is 6. The van der Waals surface area contributed by atoms with Crippen LogP contribution in [0.2, 0.25) is 0 Å². The Bertz CT molecular complexity index is 255. The van der Waals surface area contributed by atoms with Gasteiger partial charge < -0.3 is 4.74 Å². The first-order valence-electron chi connectivity index (χ1n) is 9.45. The molecule has 0 aliphatic rings. The lowest BCUT2D eigenvalue weighted by atomic mass is 9.69. The summed E-state index contributed by atoms with van der Waals surface area (Å²) >= 11 is 5.75. The zero-order chi connectivity index (χ0) is 17.1. The summed E-state index contributed by atoms with van der Waals surface area (Å²) in [6.07, 6.45) is 11.6. The van der Waals surface area contributed by atoms with Crippen LogP contribution in [-0.4, -0.2) is 18.1 Å². The van der Waals surface area contributed by atoms with Gasteiger partial charge in [-0.1, -0.05) is 66.2 Å². The molecule has 0 aromatic heterocycles. The van der Waals surface area contributed by atoms with Gasteiger partial charge in [-0.15, -0.1) is 11.6 Å². The van der Waals surface area contributed by atoms with Crippen LogP contribution in [0.1, 0.15) is 99.3 Å². The fourth-order valence-corrected chi connectivity index (χ4v) is 3.77. The number of halogens is 1. The minimum atomic E-state index is -0.0476. The minimum absolute atomic E-state index is 0.0476. The van der Waals surface area contributed by atoms with Gasteiger partial charge in [0.25, 0.3) is 0 Å². The molecule has 134 valence electrons. The van der Waals surface area contributed by atoms with E-state index in [1.807, 2.05) is 0 Å². The van der Waals surface area contributed by atoms with Crippen LogP contribution in [0, 0.1) is 11.3 Å². The van der Waals surface area contributed by atoms with Gasteiger partial charge in [0.1, 0.15) is 0 Å². The summed E-state index contributed by atoms with van der Waals surface area (Å²) in [6.45, 7) is 14.7. The number of hydrogen-bond acceptors (Lipinski definition) is 1. The van der Waals surface area contributed by atoms with Crippen LogP contribution in [0.3, 0.4) is 0 Å². The van der Waals surface area contributed by atoms with Gasteiger partial charge in [0.15, 0.2) is 0 Å². The van der Waals surface area contributed by atoms with Gasteiger partial charge in [0, 0.05) is 12.5 Å². The Labute approximate surface area is 145 Å². The lowest BCUT2D eigenvalue weighted by Gasteiger charge is -2.43. The SMILES string of the molecule is CCCCCCCCC(C(C)(C)C)C(C)(C)OCCCCCl. The van der Waals surface area contributed by atoms with E-state index in [9.17, 15) is 0 Å². The summed E-state index contributed by atoms with van der Waals surface area (Å²) in [5.74, 6) is 1.34. The van der Waals surface area contributed by atoms with Gasteiger partial charge in [-0.3, -0.25) is 0 Å². The van der Waals surface area contributed by atoms with E-state index in [0.29, 0.717) is 11.3 Å². The van der Waals surface area contributed by atoms with Gasteiger partial charge in [-0.2, -0.15) is 0 Å². The standard InChI is InChI=1S/C20H41ClO/c1-7-8-9-10-11-12-15-18(19(2,3)4)20(5,6)22-17-14-13-16-21/h18H,7-17H2,1-6H3. The van der Waals surface area contributed by atoms with Crippen molar-refractivity contribution in [1.82, 2.24) is 0 Å². The van der Waals surface area contributed by atoms with E-state index in [-0.39, 0.29) is 5.60 Å². The molecule has 1 unspecified atom stereocenters. The second kappa shape index (κ2) is 11.7. The Morgan fingerprint density at radius 2 is 1.41 bits per heavy atom. The molecule has 0 amide bonds. The van der Waals surface area contributed by atoms with Crippen LogP contribution in [0.4, 0.5) is 0 Å². The highest BCUT2D eigenvalue weighted by Crippen LogP contribution is 2.40. The molecule has 0 saturated carbocycles. The average molecular weight is 333 g/mol. The van der Waals surface area contributed by atoms with Crippen molar-refractivity contribution in [3.05, 3.63) is 0 Å². The maximum Gasteiger partial charge on any atom is 0.0659 e. The summed E-state index contributed by atoms with van der Waals surface area (Å²) < 4.78 is 6.26. The summed E-state index contributed by atoms with van der Waals surface area (Å²) in [5, 5.41) is 0. The van der Waals surface area contributed by atoms with Gasteiger partial charge in [-0.25, -0.2) is 0 Å². The van der Waals surface area contributed by atoms with Crippen LogP contribution in [0.25, 0.3) is 0 Å². The lowest BCUT2D eigenvalue weighted by Crippen LogP contribution is -2.42. The van der Waals surface area contributed by atoms with E-state index >= 15 is 0 Å². The van der Waals surface area contributed by atoms with E-state index in [4.69, 9.17) is 16.3 Å². The van der Waals surface area contributed by atoms with E-state index in [1.165, 1.54) is 44.9 Å². The maximum absolute atomic E-state index is 6.26. The second-order valence-electron chi connectivity index (χ2n) is 8.32. The van der Waals surface area contributed by atoms with Crippen LogP contribution >= 0.6 is 11.6 Å². The number of rotatable bonds is 13. The highest BCUT2D eigenvalue weighted by atomic mass is 35.5. The van der Waals surface area contributed by atoms with Crippen LogP contribution in [-0.2, 0) is 4.74 Å². The second-order valence-corrected chi connectivity index (χ2v) is 8.70. The summed E-state index contributed by atoms with van der Waals surface area (Å²) in [6, 6.07) is 0. The zero-order valence-electron chi connectivity index (χ0n) is 16.1. The molecule has 1 nitrogen and oxygen atoms in total. The maximum atomic E-state index is 6.26. The van der Waals surface area contributed by atoms with Crippen molar-refractivity contribution in [3.63, 3.8) is 0 Å². The van der Waals surface area contributed by atoms with Gasteiger partial charge >= 0.3 is 0 Å². The molecule has 0 heterocycles. The Kier molecular flexibility index (Phi) is 11.9. The molecule has 0 fully saturated rings. The van der Waals surface area contributed by atoms with Gasteiger partial charge in [0.2, 0.25) is 0 Å². The molecule has 0 saturated heterocycles. The number of hydrogen-bond donors (Lipinski definition) is 0. The molecule has 0 bridgehead atoms. The Hall–Kier alpha value is 0.250. The molecule has 0 spiro atoms. The number of ether oxygens (including phenoxy) is 1. The van der Waals surface area contributed by atoms with Crippen molar-refractivity contribution < 1.29 is 4.74 Å². The monoisotopic (exact) mass is 332 g/mol. The molecular weight excluding hydrogens is 292 g/mol. The largest absolute Gasteiger partial charge is 0.375 e. The molecule has 0 aromatic rings. The van der Waals surface area contributed by atoms with Crippen molar-refractivity contribution in [2.24, 2.45) is 11.3 Å². The molecule has 2 heteroatoms. The molecular formula is C20H41ClO. The first-order chi connectivity index (χ1) is 10.3. The van der Waals surface area contributed by atoms with Crippen molar-refractivity contribution >= 4 is 11.6 Å². The van der Waals surface area contributed by atoms with E-state index in [0.717, 1.165) is 25.3 Å². The van der Waals surface area contributed by atoms with Crippen LogP contribution in [0.5, 0.6) is 0 Å². The summed E-state index contributed by atoms with van der Waals surface area (Å²) in [7, 11) is 0. The third kappa shape index (κ3) is 10.1. The fourth-order valence-electron chi connectivity index (χ4n) is 3.58. The van der Waals surface area contributed by atoms with Crippen molar-refractivity contribution in [2.45, 2.75) is 105 Å². The van der Waals surface area contributed by atoms with Crippen molar-refractivity contribution in [1.29, 1.82) is 0 Å². The fraction of sp³-hybridized carbons (Fsp3) is 1.00. The highest BCUT2D eigenvalue weighted by Gasteiger charge is 2.38. The van der Waals surface area contributed by atoms with E-state index in [2.05, 4.69) is 41.5 Å². The smallest absolute Gasteiger partial charge is 0.0659 e. The molecule has 1 atom stereocenters. The van der Waals surface area contributed by atoms with Gasteiger partial charge in [0.05, 0.1) is 5.60 Å². The zero-order valence-corrected chi connectivity index (χ0v) is 16.9. The van der Waals surface area contributed by atoms with E-state index < -0.39 is 0 Å². The topological polar surface area (TPSA) is 9.23 Å². The minimum Gasteiger partial charge on any atom is -0.375 e. The number of alkyl halides is 1. The van der Waals surface area contributed by atoms with Crippen LogP contribution in [0.15, 0.2) is 0 Å². The lowest BCUT2D eigenvalue weighted by molar-refractivity contribution is -0.0959. The molecule has 0 N–H and O–H groups in total. The van der Waals surface area contributed by atoms with Crippen molar-refractivity contribution in [2.75, 3.05) is 12.5 Å². The first-order valence-corrected chi connectivity index (χ1v) is 9.99. The Balaban J connectivity index is 4.31. The summed E-state index contributed by atoms with van der Waals surface area (Å²) in [4.78, 5) is 0. The molecule has 0 aliphatic heterocycles. The van der Waals surface area contributed by atoms with E-state index in [1.54, 1.807) is 0 Å². The third-order valence-electron chi connectivity index (χ3n) is 4.73. The predicted molar refractivity (Wildman–Crippen MR) is 101 cm³/mol. The summed E-state index contributed by atoms with van der Waals surface area (Å²) in [5.41, 5.74) is 0.243. The average Bonchev–Trinajstić information content (AvgIpc) is 2.41. The third-order valence-corrected chi connectivity index (χ3v) is 5.00.